The van der Waals surface area contributed by atoms with E-state index in [4.69, 9.17) is 0 Å². The summed E-state index contributed by atoms with van der Waals surface area (Å²) in [6, 6.07) is 0. The van der Waals surface area contributed by atoms with E-state index >= 15 is 0 Å². The minimum atomic E-state index is 0.376. The number of amides is 1. The molecule has 3 nitrogen and oxygen atoms in total. The van der Waals surface area contributed by atoms with Gasteiger partial charge < -0.3 is 10.2 Å². The molecule has 0 spiro atoms. The Bertz CT molecular complexity index is 230. The fraction of sp³-hybridized carbons (Fsp3) is 0.923. The number of hydrogen-bond donors (Lipinski definition) is 1. The van der Waals surface area contributed by atoms with Gasteiger partial charge in [-0.05, 0) is 11.8 Å². The average Bonchev–Trinajstić information content (AvgIpc) is 2.83. The minimum absolute atomic E-state index is 0.376. The van der Waals surface area contributed by atoms with Crippen LogP contribution in [0.5, 0.6) is 0 Å². The van der Waals surface area contributed by atoms with Gasteiger partial charge in [0.2, 0.25) is 5.91 Å². The Balaban J connectivity index is 1.76. The summed E-state index contributed by atoms with van der Waals surface area (Å²) in [4.78, 5) is 14.1. The summed E-state index contributed by atoms with van der Waals surface area (Å²) >= 11 is 0. The van der Waals surface area contributed by atoms with E-state index < -0.39 is 0 Å². The number of rotatable bonds is 3. The van der Waals surface area contributed by atoms with Crippen LogP contribution in [-0.2, 0) is 4.79 Å². The van der Waals surface area contributed by atoms with Gasteiger partial charge in [-0.2, -0.15) is 0 Å². The molecule has 1 atom stereocenters. The Morgan fingerprint density at radius 1 is 1.31 bits per heavy atom. The van der Waals surface area contributed by atoms with Gasteiger partial charge in [-0.15, -0.1) is 0 Å². The summed E-state index contributed by atoms with van der Waals surface area (Å²) in [5, 5.41) is 3.28. The summed E-state index contributed by atoms with van der Waals surface area (Å²) in [6.45, 7) is 5.98. The molecular formula is C13H24N2O. The minimum Gasteiger partial charge on any atom is -0.340 e. The van der Waals surface area contributed by atoms with Gasteiger partial charge in [-0.25, -0.2) is 0 Å². The van der Waals surface area contributed by atoms with Crippen molar-refractivity contribution >= 4 is 5.91 Å². The molecule has 0 aromatic heterocycles. The van der Waals surface area contributed by atoms with E-state index in [1.54, 1.807) is 0 Å². The van der Waals surface area contributed by atoms with Crippen molar-refractivity contribution in [3.05, 3.63) is 0 Å². The molecule has 1 unspecified atom stereocenters. The van der Waals surface area contributed by atoms with E-state index in [2.05, 4.69) is 12.2 Å². The lowest BCUT2D eigenvalue weighted by Gasteiger charge is -2.29. The molecule has 16 heavy (non-hydrogen) atoms. The Morgan fingerprint density at radius 3 is 2.56 bits per heavy atom. The Kier molecular flexibility index (Phi) is 4.22. The first-order valence-corrected chi connectivity index (χ1v) is 6.76. The lowest BCUT2D eigenvalue weighted by atomic mass is 9.89. The largest absolute Gasteiger partial charge is 0.340 e. The van der Waals surface area contributed by atoms with Crippen molar-refractivity contribution in [3.63, 3.8) is 0 Å². The number of nitrogens with one attached hydrogen (secondary N) is 1. The van der Waals surface area contributed by atoms with Crippen LogP contribution in [0.4, 0.5) is 0 Å². The highest BCUT2D eigenvalue weighted by Gasteiger charge is 2.25. The second kappa shape index (κ2) is 5.67. The molecule has 3 heteroatoms. The maximum atomic E-state index is 12.1. The Morgan fingerprint density at radius 2 is 1.94 bits per heavy atom. The van der Waals surface area contributed by atoms with Crippen LogP contribution in [-0.4, -0.2) is 37.0 Å². The smallest absolute Gasteiger partial charge is 0.222 e. The molecule has 1 saturated heterocycles. The van der Waals surface area contributed by atoms with Crippen molar-refractivity contribution in [2.24, 2.45) is 11.8 Å². The Labute approximate surface area is 98.6 Å². The number of piperazine rings is 1. The second-order valence-electron chi connectivity index (χ2n) is 5.36. The number of hydrogen-bond acceptors (Lipinski definition) is 2. The maximum Gasteiger partial charge on any atom is 0.222 e. The third kappa shape index (κ3) is 2.97. The highest BCUT2D eigenvalue weighted by Crippen LogP contribution is 2.33. The van der Waals surface area contributed by atoms with E-state index in [-0.39, 0.29) is 0 Å². The molecule has 2 rings (SSSR count). The molecule has 1 aliphatic carbocycles. The molecule has 0 bridgehead atoms. The van der Waals surface area contributed by atoms with Crippen LogP contribution in [0.25, 0.3) is 0 Å². The molecule has 0 aromatic rings. The first-order chi connectivity index (χ1) is 7.77. The highest BCUT2D eigenvalue weighted by molar-refractivity contribution is 5.76. The van der Waals surface area contributed by atoms with Gasteiger partial charge in [0.05, 0.1) is 0 Å². The Hall–Kier alpha value is -0.570. The van der Waals surface area contributed by atoms with E-state index in [0.29, 0.717) is 11.8 Å². The zero-order valence-electron chi connectivity index (χ0n) is 10.4. The van der Waals surface area contributed by atoms with E-state index in [9.17, 15) is 4.79 Å². The van der Waals surface area contributed by atoms with E-state index in [1.807, 2.05) is 4.90 Å². The van der Waals surface area contributed by atoms with Crippen molar-refractivity contribution in [1.82, 2.24) is 10.2 Å². The number of carbonyl (C=O) groups is 1. The average molecular weight is 224 g/mol. The first kappa shape index (κ1) is 11.9. The fourth-order valence-electron chi connectivity index (χ4n) is 3.01. The summed E-state index contributed by atoms with van der Waals surface area (Å²) < 4.78 is 0. The van der Waals surface area contributed by atoms with Crippen molar-refractivity contribution < 1.29 is 4.79 Å². The molecule has 1 heterocycles. The fourth-order valence-corrected chi connectivity index (χ4v) is 3.01. The van der Waals surface area contributed by atoms with Gasteiger partial charge in [-0.3, -0.25) is 4.79 Å². The highest BCUT2D eigenvalue weighted by atomic mass is 16.2. The molecule has 1 N–H and O–H groups in total. The summed E-state index contributed by atoms with van der Waals surface area (Å²) in [7, 11) is 0. The van der Waals surface area contributed by atoms with Crippen LogP contribution in [0.2, 0.25) is 0 Å². The standard InChI is InChI=1S/C13H24N2O/c1-11(12-4-2-3-5-12)10-13(16)15-8-6-14-7-9-15/h11-12,14H,2-10H2,1H3. The van der Waals surface area contributed by atoms with Gasteiger partial charge in [0.25, 0.3) is 0 Å². The number of carbonyl (C=O) groups excluding carboxylic acids is 1. The predicted molar refractivity (Wildman–Crippen MR) is 65.2 cm³/mol. The molecule has 1 aliphatic heterocycles. The summed E-state index contributed by atoms with van der Waals surface area (Å²) in [5.41, 5.74) is 0. The summed E-state index contributed by atoms with van der Waals surface area (Å²) in [5.74, 6) is 1.78. The molecule has 92 valence electrons. The van der Waals surface area contributed by atoms with Crippen molar-refractivity contribution in [2.75, 3.05) is 26.2 Å². The number of nitrogens with zero attached hydrogens (tertiary/aromatic N) is 1. The topological polar surface area (TPSA) is 32.3 Å². The molecule has 1 saturated carbocycles. The zero-order valence-corrected chi connectivity index (χ0v) is 10.4. The molecular weight excluding hydrogens is 200 g/mol. The van der Waals surface area contributed by atoms with Gasteiger partial charge in [0.15, 0.2) is 0 Å². The third-order valence-electron chi connectivity index (χ3n) is 4.17. The van der Waals surface area contributed by atoms with Gasteiger partial charge >= 0.3 is 0 Å². The van der Waals surface area contributed by atoms with Crippen LogP contribution in [0.3, 0.4) is 0 Å². The lowest BCUT2D eigenvalue weighted by Crippen LogP contribution is -2.46. The zero-order chi connectivity index (χ0) is 11.4. The van der Waals surface area contributed by atoms with Crippen LogP contribution in [0.15, 0.2) is 0 Å². The van der Waals surface area contributed by atoms with Gasteiger partial charge in [0, 0.05) is 32.6 Å². The van der Waals surface area contributed by atoms with E-state index in [0.717, 1.165) is 38.5 Å². The van der Waals surface area contributed by atoms with Crippen molar-refractivity contribution in [2.45, 2.75) is 39.0 Å². The SMILES string of the molecule is CC(CC(=O)N1CCNCC1)C1CCCC1. The molecule has 1 amide bonds. The molecule has 0 radical (unpaired) electrons. The maximum absolute atomic E-state index is 12.1. The quantitative estimate of drug-likeness (QED) is 0.790. The monoisotopic (exact) mass is 224 g/mol. The first-order valence-electron chi connectivity index (χ1n) is 6.76. The predicted octanol–water partition coefficient (Wildman–Crippen LogP) is 1.63. The van der Waals surface area contributed by atoms with Crippen LogP contribution in [0.1, 0.15) is 39.0 Å². The van der Waals surface area contributed by atoms with Crippen LogP contribution < -0.4 is 5.32 Å². The lowest BCUT2D eigenvalue weighted by molar-refractivity contribution is -0.133. The molecule has 2 aliphatic rings. The second-order valence-corrected chi connectivity index (χ2v) is 5.36. The third-order valence-corrected chi connectivity index (χ3v) is 4.17. The van der Waals surface area contributed by atoms with Crippen LogP contribution >= 0.6 is 0 Å². The molecule has 0 aromatic carbocycles. The van der Waals surface area contributed by atoms with Gasteiger partial charge in [-0.1, -0.05) is 32.6 Å². The molecule has 2 fully saturated rings. The van der Waals surface area contributed by atoms with Crippen molar-refractivity contribution in [1.29, 1.82) is 0 Å². The van der Waals surface area contributed by atoms with Crippen molar-refractivity contribution in [3.8, 4) is 0 Å². The summed E-state index contributed by atoms with van der Waals surface area (Å²) in [6.07, 6.45) is 6.20. The van der Waals surface area contributed by atoms with E-state index in [1.165, 1.54) is 25.7 Å². The van der Waals surface area contributed by atoms with Crippen LogP contribution in [0, 0.1) is 11.8 Å². The van der Waals surface area contributed by atoms with Gasteiger partial charge in [0.1, 0.15) is 0 Å². The normalized spacial score (nSPS) is 24.7.